The Morgan fingerprint density at radius 1 is 1.00 bits per heavy atom. The number of nitrogens with zero attached hydrogens (tertiary/aromatic N) is 2. The van der Waals surface area contributed by atoms with Crippen molar-refractivity contribution in [3.8, 4) is 0 Å². The molecule has 11 heteroatoms. The number of rotatable bonds is 3. The Morgan fingerprint density at radius 2 is 1.54 bits per heavy atom. The van der Waals surface area contributed by atoms with Crippen LogP contribution in [-0.2, 0) is 4.79 Å². The van der Waals surface area contributed by atoms with Gasteiger partial charge in [0.2, 0.25) is 5.91 Å². The second-order valence-corrected chi connectivity index (χ2v) is 5.98. The third-order valence-corrected chi connectivity index (χ3v) is 4.55. The van der Waals surface area contributed by atoms with Gasteiger partial charge in [-0.1, -0.05) is 0 Å². The van der Waals surface area contributed by atoms with Crippen molar-refractivity contribution in [2.75, 3.05) is 45.8 Å². The molecule has 0 bridgehead atoms. The molecule has 2 saturated heterocycles. The first kappa shape index (κ1) is 21.3. The Labute approximate surface area is 141 Å². The van der Waals surface area contributed by atoms with E-state index in [1.807, 2.05) is 0 Å². The van der Waals surface area contributed by atoms with E-state index in [2.05, 4.69) is 5.32 Å². The Kier molecular flexibility index (Phi) is 6.79. The lowest BCUT2D eigenvalue weighted by Crippen LogP contribution is -2.52. The molecule has 4 nitrogen and oxygen atoms in total. The molecule has 2 aliphatic rings. The Morgan fingerprint density at radius 3 is 2.00 bits per heavy atom. The van der Waals surface area contributed by atoms with E-state index in [4.69, 9.17) is 0 Å². The zero-order valence-electron chi connectivity index (χ0n) is 12.8. The van der Waals surface area contributed by atoms with Crippen LogP contribution in [0.5, 0.6) is 0 Å². The molecular formula is C13H20ClF6N3O. The van der Waals surface area contributed by atoms with Gasteiger partial charge in [-0.05, 0) is 13.0 Å². The maximum absolute atomic E-state index is 12.9. The molecule has 0 aromatic carbocycles. The van der Waals surface area contributed by atoms with Crippen molar-refractivity contribution in [2.24, 2.45) is 5.41 Å². The van der Waals surface area contributed by atoms with Gasteiger partial charge in [0.25, 0.3) is 0 Å². The summed E-state index contributed by atoms with van der Waals surface area (Å²) in [5.74, 6) is -0.233. The minimum Gasteiger partial charge on any atom is -0.340 e. The highest BCUT2D eigenvalue weighted by molar-refractivity contribution is 5.85. The third-order valence-electron chi connectivity index (χ3n) is 4.55. The second kappa shape index (κ2) is 7.65. The van der Waals surface area contributed by atoms with E-state index in [0.717, 1.165) is 4.90 Å². The standard InChI is InChI=1S/C13H19F6N3O.ClH/c14-12(15,16)11(13(17,18)19)2-6-21(9-11)5-1-10(23)22-7-3-20-4-8-22;/h20H,1-9H2;1H. The summed E-state index contributed by atoms with van der Waals surface area (Å²) in [5, 5.41) is 3.06. The summed E-state index contributed by atoms with van der Waals surface area (Å²) in [6.07, 6.45) is -11.8. The van der Waals surface area contributed by atoms with Gasteiger partial charge in [-0.25, -0.2) is 0 Å². The van der Waals surface area contributed by atoms with E-state index >= 15 is 0 Å². The van der Waals surface area contributed by atoms with Gasteiger partial charge in [0, 0.05) is 45.7 Å². The molecule has 1 N–H and O–H groups in total. The van der Waals surface area contributed by atoms with Gasteiger partial charge in [0.05, 0.1) is 0 Å². The number of amides is 1. The van der Waals surface area contributed by atoms with E-state index in [1.165, 1.54) is 0 Å². The van der Waals surface area contributed by atoms with Crippen LogP contribution in [0.25, 0.3) is 0 Å². The summed E-state index contributed by atoms with van der Waals surface area (Å²) in [7, 11) is 0. The molecule has 2 fully saturated rings. The lowest BCUT2D eigenvalue weighted by Gasteiger charge is -2.33. The topological polar surface area (TPSA) is 35.6 Å². The summed E-state index contributed by atoms with van der Waals surface area (Å²) >= 11 is 0. The smallest absolute Gasteiger partial charge is 0.340 e. The summed E-state index contributed by atoms with van der Waals surface area (Å²) in [6, 6.07) is 0. The van der Waals surface area contributed by atoms with Gasteiger partial charge in [-0.15, -0.1) is 12.4 Å². The lowest BCUT2D eigenvalue weighted by atomic mass is 9.85. The first-order valence-electron chi connectivity index (χ1n) is 7.41. The first-order chi connectivity index (χ1) is 10.6. The van der Waals surface area contributed by atoms with Gasteiger partial charge in [-0.3, -0.25) is 4.79 Å². The fourth-order valence-electron chi connectivity index (χ4n) is 3.03. The minimum atomic E-state index is -5.34. The van der Waals surface area contributed by atoms with E-state index in [0.29, 0.717) is 26.2 Å². The molecule has 0 saturated carbocycles. The van der Waals surface area contributed by atoms with Crippen molar-refractivity contribution in [2.45, 2.75) is 25.2 Å². The highest BCUT2D eigenvalue weighted by atomic mass is 35.5. The van der Waals surface area contributed by atoms with Crippen LogP contribution in [0.3, 0.4) is 0 Å². The molecular weight excluding hydrogens is 364 g/mol. The molecule has 142 valence electrons. The number of piperazine rings is 1. The zero-order chi connectivity index (χ0) is 17.3. The van der Waals surface area contributed by atoms with Crippen molar-refractivity contribution < 1.29 is 31.1 Å². The number of hydrogen-bond donors (Lipinski definition) is 1. The molecule has 0 aliphatic carbocycles. The molecule has 0 atom stereocenters. The van der Waals surface area contributed by atoms with Crippen LogP contribution in [0.2, 0.25) is 0 Å². The average molecular weight is 384 g/mol. The van der Waals surface area contributed by atoms with Crippen molar-refractivity contribution in [3.63, 3.8) is 0 Å². The quantitative estimate of drug-likeness (QED) is 0.758. The predicted octanol–water partition coefficient (Wildman–Crippen LogP) is 2.05. The number of likely N-dealkylation sites (tertiary alicyclic amines) is 1. The second-order valence-electron chi connectivity index (χ2n) is 5.98. The normalized spacial score (nSPS) is 22.3. The SMILES string of the molecule is Cl.O=C(CCN1CCC(C(F)(F)F)(C(F)(F)F)C1)N1CCNCC1. The highest BCUT2D eigenvalue weighted by Crippen LogP contribution is 2.55. The van der Waals surface area contributed by atoms with Crippen LogP contribution in [0, 0.1) is 5.41 Å². The van der Waals surface area contributed by atoms with Crippen LogP contribution in [0.4, 0.5) is 26.3 Å². The number of carbonyl (C=O) groups is 1. The average Bonchev–Trinajstić information content (AvgIpc) is 2.91. The largest absolute Gasteiger partial charge is 0.404 e. The third kappa shape index (κ3) is 4.26. The molecule has 0 spiro atoms. The Balaban J connectivity index is 0.00000288. The molecule has 0 aromatic rings. The summed E-state index contributed by atoms with van der Waals surface area (Å²) in [6.45, 7) is 0.766. The van der Waals surface area contributed by atoms with Gasteiger partial charge >= 0.3 is 12.4 Å². The van der Waals surface area contributed by atoms with Crippen molar-refractivity contribution in [1.82, 2.24) is 15.1 Å². The Bertz CT molecular complexity index is 422. The van der Waals surface area contributed by atoms with Crippen molar-refractivity contribution in [1.29, 1.82) is 0 Å². The molecule has 2 rings (SSSR count). The lowest BCUT2D eigenvalue weighted by molar-refractivity contribution is -0.335. The Hall–Kier alpha value is -0.740. The molecule has 1 amide bonds. The van der Waals surface area contributed by atoms with Gasteiger partial charge in [0.15, 0.2) is 5.41 Å². The number of nitrogens with one attached hydrogen (secondary N) is 1. The molecule has 2 aliphatic heterocycles. The molecule has 0 aromatic heterocycles. The minimum absolute atomic E-state index is 0. The predicted molar refractivity (Wildman–Crippen MR) is 76.9 cm³/mol. The monoisotopic (exact) mass is 383 g/mol. The maximum atomic E-state index is 12.9. The van der Waals surface area contributed by atoms with Gasteiger partial charge in [-0.2, -0.15) is 26.3 Å². The number of hydrogen-bond acceptors (Lipinski definition) is 3. The van der Waals surface area contributed by atoms with Crippen LogP contribution < -0.4 is 5.32 Å². The number of halogens is 7. The molecule has 2 heterocycles. The van der Waals surface area contributed by atoms with E-state index < -0.39 is 30.7 Å². The van der Waals surface area contributed by atoms with E-state index in [-0.39, 0.29) is 37.8 Å². The van der Waals surface area contributed by atoms with Crippen molar-refractivity contribution in [3.05, 3.63) is 0 Å². The fourth-order valence-corrected chi connectivity index (χ4v) is 3.03. The van der Waals surface area contributed by atoms with E-state index in [1.54, 1.807) is 4.90 Å². The molecule has 24 heavy (non-hydrogen) atoms. The number of carbonyl (C=O) groups excluding carboxylic acids is 1. The zero-order valence-corrected chi connectivity index (χ0v) is 13.7. The first-order valence-corrected chi connectivity index (χ1v) is 7.41. The maximum Gasteiger partial charge on any atom is 0.404 e. The van der Waals surface area contributed by atoms with Crippen molar-refractivity contribution >= 4 is 18.3 Å². The van der Waals surface area contributed by atoms with Crippen LogP contribution in [-0.4, -0.2) is 73.9 Å². The van der Waals surface area contributed by atoms with Crippen LogP contribution >= 0.6 is 12.4 Å². The molecule has 0 radical (unpaired) electrons. The van der Waals surface area contributed by atoms with Crippen LogP contribution in [0.1, 0.15) is 12.8 Å². The van der Waals surface area contributed by atoms with Gasteiger partial charge < -0.3 is 15.1 Å². The van der Waals surface area contributed by atoms with Crippen LogP contribution in [0.15, 0.2) is 0 Å². The summed E-state index contributed by atoms with van der Waals surface area (Å²) in [4.78, 5) is 14.6. The van der Waals surface area contributed by atoms with Gasteiger partial charge in [0.1, 0.15) is 0 Å². The molecule has 0 unspecified atom stereocenters. The fraction of sp³-hybridized carbons (Fsp3) is 0.923. The number of alkyl halides is 6. The summed E-state index contributed by atoms with van der Waals surface area (Å²) in [5.41, 5.74) is -3.68. The summed E-state index contributed by atoms with van der Waals surface area (Å²) < 4.78 is 77.7. The highest BCUT2D eigenvalue weighted by Gasteiger charge is 2.72. The van der Waals surface area contributed by atoms with E-state index in [9.17, 15) is 31.1 Å².